The molecule has 5 nitrogen and oxygen atoms in total. The second-order valence-corrected chi connectivity index (χ2v) is 9.07. The fourth-order valence-corrected chi connectivity index (χ4v) is 4.65. The Morgan fingerprint density at radius 3 is 2.58 bits per heavy atom. The summed E-state index contributed by atoms with van der Waals surface area (Å²) in [7, 11) is 0. The Labute approximate surface area is 191 Å². The molecule has 7 heteroatoms. The van der Waals surface area contributed by atoms with Crippen molar-refractivity contribution in [3.63, 3.8) is 0 Å². The number of benzene rings is 2. The molecule has 160 valence electrons. The number of halogens is 1. The summed E-state index contributed by atoms with van der Waals surface area (Å²) < 4.78 is 0. The van der Waals surface area contributed by atoms with E-state index in [1.54, 1.807) is 18.2 Å². The minimum atomic E-state index is -0.226. The van der Waals surface area contributed by atoms with Gasteiger partial charge in [0.2, 0.25) is 5.91 Å². The normalized spacial score (nSPS) is 13.8. The van der Waals surface area contributed by atoms with Gasteiger partial charge in [-0.25, -0.2) is 4.98 Å². The molecule has 1 N–H and O–H groups in total. The SMILES string of the molecule is Cc1ccc(-c2nc(CC(=O)Nc3cc(Cl)ccc3C(=O)N3CCCCC3)cs2)cc1. The summed E-state index contributed by atoms with van der Waals surface area (Å²) in [6.45, 7) is 3.53. The van der Waals surface area contributed by atoms with Gasteiger partial charge in [0.25, 0.3) is 5.91 Å². The molecular weight excluding hydrogens is 430 g/mol. The van der Waals surface area contributed by atoms with Crippen molar-refractivity contribution in [3.05, 3.63) is 69.7 Å². The van der Waals surface area contributed by atoms with Crippen LogP contribution in [0.3, 0.4) is 0 Å². The highest BCUT2D eigenvalue weighted by atomic mass is 35.5. The van der Waals surface area contributed by atoms with E-state index in [0.717, 1.165) is 42.9 Å². The number of nitrogens with zero attached hydrogens (tertiary/aromatic N) is 2. The molecule has 1 fully saturated rings. The number of aryl methyl sites for hydroxylation is 1. The van der Waals surface area contributed by atoms with Crippen LogP contribution >= 0.6 is 22.9 Å². The predicted octanol–water partition coefficient (Wildman–Crippen LogP) is 5.58. The molecule has 3 aromatic rings. The second-order valence-electron chi connectivity index (χ2n) is 7.78. The first-order valence-electron chi connectivity index (χ1n) is 10.4. The van der Waals surface area contributed by atoms with Crippen molar-refractivity contribution in [3.8, 4) is 10.6 Å². The van der Waals surface area contributed by atoms with Gasteiger partial charge in [0.1, 0.15) is 5.01 Å². The maximum atomic E-state index is 13.0. The van der Waals surface area contributed by atoms with Gasteiger partial charge in [-0.05, 0) is 44.4 Å². The molecule has 4 rings (SSSR count). The van der Waals surface area contributed by atoms with Crippen LogP contribution < -0.4 is 5.32 Å². The van der Waals surface area contributed by atoms with Crippen molar-refractivity contribution >= 4 is 40.4 Å². The third kappa shape index (κ3) is 5.32. The highest BCUT2D eigenvalue weighted by molar-refractivity contribution is 7.13. The van der Waals surface area contributed by atoms with Crippen molar-refractivity contribution in [2.45, 2.75) is 32.6 Å². The number of nitrogens with one attached hydrogen (secondary N) is 1. The van der Waals surface area contributed by atoms with Gasteiger partial charge in [-0.2, -0.15) is 0 Å². The molecule has 1 aliphatic rings. The van der Waals surface area contributed by atoms with Crippen LogP contribution in [0.25, 0.3) is 10.6 Å². The number of carbonyl (C=O) groups is 2. The molecule has 0 spiro atoms. The molecule has 0 saturated carbocycles. The lowest BCUT2D eigenvalue weighted by atomic mass is 10.1. The van der Waals surface area contributed by atoms with Crippen molar-refractivity contribution in [2.75, 3.05) is 18.4 Å². The molecule has 2 heterocycles. The molecule has 0 bridgehead atoms. The fraction of sp³-hybridized carbons (Fsp3) is 0.292. The zero-order chi connectivity index (χ0) is 21.8. The fourth-order valence-electron chi connectivity index (χ4n) is 3.65. The smallest absolute Gasteiger partial charge is 0.255 e. The zero-order valence-electron chi connectivity index (χ0n) is 17.4. The van der Waals surface area contributed by atoms with E-state index in [4.69, 9.17) is 11.6 Å². The summed E-state index contributed by atoms with van der Waals surface area (Å²) >= 11 is 7.66. The molecule has 2 amide bonds. The Kier molecular flexibility index (Phi) is 6.68. The molecule has 0 atom stereocenters. The van der Waals surface area contributed by atoms with Gasteiger partial charge < -0.3 is 10.2 Å². The Morgan fingerprint density at radius 2 is 1.84 bits per heavy atom. The maximum Gasteiger partial charge on any atom is 0.255 e. The first-order chi connectivity index (χ1) is 15.0. The minimum absolute atomic E-state index is 0.0676. The lowest BCUT2D eigenvalue weighted by molar-refractivity contribution is -0.115. The van der Waals surface area contributed by atoms with E-state index < -0.39 is 0 Å². The van der Waals surface area contributed by atoms with Gasteiger partial charge >= 0.3 is 0 Å². The van der Waals surface area contributed by atoms with Gasteiger partial charge in [0.05, 0.1) is 23.4 Å². The Hall–Kier alpha value is -2.70. The van der Waals surface area contributed by atoms with Gasteiger partial charge in [-0.3, -0.25) is 9.59 Å². The van der Waals surface area contributed by atoms with Crippen molar-refractivity contribution in [1.29, 1.82) is 0 Å². The lowest BCUT2D eigenvalue weighted by Crippen LogP contribution is -2.36. The van der Waals surface area contributed by atoms with Crippen molar-refractivity contribution < 1.29 is 9.59 Å². The van der Waals surface area contributed by atoms with Crippen LogP contribution in [0.2, 0.25) is 5.02 Å². The third-order valence-corrected chi connectivity index (χ3v) is 6.50. The minimum Gasteiger partial charge on any atom is -0.339 e. The number of aromatic nitrogens is 1. The van der Waals surface area contributed by atoms with Crippen LogP contribution in [0.4, 0.5) is 5.69 Å². The molecular formula is C24H24ClN3O2S. The molecule has 0 radical (unpaired) electrons. The molecule has 1 aromatic heterocycles. The van der Waals surface area contributed by atoms with Crippen LogP contribution in [-0.2, 0) is 11.2 Å². The predicted molar refractivity (Wildman–Crippen MR) is 126 cm³/mol. The van der Waals surface area contributed by atoms with Crippen molar-refractivity contribution in [2.24, 2.45) is 0 Å². The molecule has 0 aliphatic carbocycles. The Bertz CT molecular complexity index is 1090. The number of piperidine rings is 1. The monoisotopic (exact) mass is 453 g/mol. The number of anilines is 1. The van der Waals surface area contributed by atoms with Crippen LogP contribution in [0, 0.1) is 6.92 Å². The van der Waals surface area contributed by atoms with Gasteiger partial charge in [-0.1, -0.05) is 41.4 Å². The third-order valence-electron chi connectivity index (χ3n) is 5.32. The van der Waals surface area contributed by atoms with E-state index in [9.17, 15) is 9.59 Å². The summed E-state index contributed by atoms with van der Waals surface area (Å²) in [5.74, 6) is -0.294. The number of thiazole rings is 1. The molecule has 1 saturated heterocycles. The Morgan fingerprint density at radius 1 is 1.10 bits per heavy atom. The molecule has 1 aliphatic heterocycles. The number of hydrogen-bond acceptors (Lipinski definition) is 4. The van der Waals surface area contributed by atoms with E-state index in [1.807, 2.05) is 41.5 Å². The van der Waals surface area contributed by atoms with E-state index in [0.29, 0.717) is 22.0 Å². The highest BCUT2D eigenvalue weighted by Gasteiger charge is 2.22. The van der Waals surface area contributed by atoms with Crippen molar-refractivity contribution in [1.82, 2.24) is 9.88 Å². The zero-order valence-corrected chi connectivity index (χ0v) is 18.9. The second kappa shape index (κ2) is 9.62. The Balaban J connectivity index is 1.47. The summed E-state index contributed by atoms with van der Waals surface area (Å²) in [4.78, 5) is 32.1. The number of amides is 2. The van der Waals surface area contributed by atoms with E-state index >= 15 is 0 Å². The first kappa shape index (κ1) is 21.5. The molecule has 31 heavy (non-hydrogen) atoms. The summed E-state index contributed by atoms with van der Waals surface area (Å²) in [6, 6.07) is 13.2. The standard InChI is InChI=1S/C24H24ClN3O2S/c1-16-5-7-17(8-6-16)23-26-19(15-31-23)14-22(29)27-21-13-18(25)9-10-20(21)24(30)28-11-3-2-4-12-28/h5-10,13,15H,2-4,11-12,14H2,1H3,(H,27,29). The number of likely N-dealkylation sites (tertiary alicyclic amines) is 1. The number of rotatable bonds is 5. The van der Waals surface area contributed by atoms with Gasteiger partial charge in [-0.15, -0.1) is 11.3 Å². The summed E-state index contributed by atoms with van der Waals surface area (Å²) in [6.07, 6.45) is 3.29. The van der Waals surface area contributed by atoms with Crippen LogP contribution in [0.1, 0.15) is 40.9 Å². The quantitative estimate of drug-likeness (QED) is 0.548. The largest absolute Gasteiger partial charge is 0.339 e. The van der Waals surface area contributed by atoms with Crippen LogP contribution in [0.15, 0.2) is 47.8 Å². The van der Waals surface area contributed by atoms with Gasteiger partial charge in [0.15, 0.2) is 0 Å². The first-order valence-corrected chi connectivity index (χ1v) is 11.7. The van der Waals surface area contributed by atoms with Gasteiger partial charge in [0, 0.05) is 29.1 Å². The van der Waals surface area contributed by atoms with E-state index in [2.05, 4.69) is 10.3 Å². The lowest BCUT2D eigenvalue weighted by Gasteiger charge is -2.27. The maximum absolute atomic E-state index is 13.0. The van der Waals surface area contributed by atoms with E-state index in [-0.39, 0.29) is 18.2 Å². The molecule has 0 unspecified atom stereocenters. The van der Waals surface area contributed by atoms with Crippen LogP contribution in [-0.4, -0.2) is 34.8 Å². The average molecular weight is 454 g/mol. The van der Waals surface area contributed by atoms with E-state index in [1.165, 1.54) is 16.9 Å². The summed E-state index contributed by atoms with van der Waals surface area (Å²) in [5.41, 5.74) is 3.84. The number of hydrogen-bond donors (Lipinski definition) is 1. The molecule has 2 aromatic carbocycles. The topological polar surface area (TPSA) is 62.3 Å². The number of carbonyl (C=O) groups excluding carboxylic acids is 2. The summed E-state index contributed by atoms with van der Waals surface area (Å²) in [5, 5.41) is 6.12. The van der Waals surface area contributed by atoms with Crippen LogP contribution in [0.5, 0.6) is 0 Å². The average Bonchev–Trinajstić information content (AvgIpc) is 3.23. The highest BCUT2D eigenvalue weighted by Crippen LogP contribution is 2.26.